The predicted molar refractivity (Wildman–Crippen MR) is 76.4 cm³/mol. The van der Waals surface area contributed by atoms with Gasteiger partial charge < -0.3 is 5.11 Å². The minimum Gasteiger partial charge on any atom is -0.392 e. The molecule has 0 aliphatic carbocycles. The van der Waals surface area contributed by atoms with E-state index in [1.807, 2.05) is 13.8 Å². The lowest BCUT2D eigenvalue weighted by molar-refractivity contribution is 0.280. The van der Waals surface area contributed by atoms with Gasteiger partial charge in [0, 0.05) is 6.04 Å². The maximum absolute atomic E-state index is 12.2. The summed E-state index contributed by atoms with van der Waals surface area (Å²) >= 11 is 0. The molecule has 0 heterocycles. The van der Waals surface area contributed by atoms with E-state index in [0.29, 0.717) is 5.56 Å². The maximum Gasteiger partial charge on any atom is 0.240 e. The molecule has 2 N–H and O–H groups in total. The first-order valence-electron chi connectivity index (χ1n) is 6.63. The molecule has 0 saturated carbocycles. The quantitative estimate of drug-likeness (QED) is 0.808. The van der Waals surface area contributed by atoms with E-state index < -0.39 is 10.0 Å². The van der Waals surface area contributed by atoms with Gasteiger partial charge in [0.25, 0.3) is 0 Å². The number of rotatable bonds is 7. The largest absolute Gasteiger partial charge is 0.392 e. The maximum atomic E-state index is 12.2. The smallest absolute Gasteiger partial charge is 0.240 e. The van der Waals surface area contributed by atoms with Crippen LogP contribution in [0.25, 0.3) is 0 Å². The third-order valence-electron chi connectivity index (χ3n) is 3.15. The summed E-state index contributed by atoms with van der Waals surface area (Å²) in [6.07, 6.45) is 2.87. The molecule has 0 aromatic heterocycles. The van der Waals surface area contributed by atoms with Crippen LogP contribution in [0, 0.1) is 6.92 Å². The summed E-state index contributed by atoms with van der Waals surface area (Å²) < 4.78 is 27.1. The average molecular weight is 285 g/mol. The lowest BCUT2D eigenvalue weighted by Crippen LogP contribution is -2.32. The molecule has 0 radical (unpaired) electrons. The second-order valence-electron chi connectivity index (χ2n) is 4.91. The first kappa shape index (κ1) is 16.1. The Labute approximate surface area is 115 Å². The van der Waals surface area contributed by atoms with Crippen LogP contribution < -0.4 is 4.72 Å². The van der Waals surface area contributed by atoms with E-state index in [4.69, 9.17) is 0 Å². The van der Waals surface area contributed by atoms with Crippen molar-refractivity contribution in [3.8, 4) is 0 Å². The summed E-state index contributed by atoms with van der Waals surface area (Å²) in [6, 6.07) is 4.74. The van der Waals surface area contributed by atoms with Crippen molar-refractivity contribution in [2.24, 2.45) is 0 Å². The Morgan fingerprint density at radius 2 is 2.05 bits per heavy atom. The summed E-state index contributed by atoms with van der Waals surface area (Å²) in [7, 11) is -3.50. The number of aliphatic hydroxyl groups excluding tert-OH is 1. The van der Waals surface area contributed by atoms with Crippen LogP contribution in [0.5, 0.6) is 0 Å². The van der Waals surface area contributed by atoms with Gasteiger partial charge >= 0.3 is 0 Å². The molecule has 0 saturated heterocycles. The normalized spacial score (nSPS) is 13.5. The van der Waals surface area contributed by atoms with E-state index in [9.17, 15) is 13.5 Å². The zero-order valence-electron chi connectivity index (χ0n) is 11.8. The van der Waals surface area contributed by atoms with Gasteiger partial charge in [-0.2, -0.15) is 0 Å². The van der Waals surface area contributed by atoms with E-state index in [-0.39, 0.29) is 17.5 Å². The summed E-state index contributed by atoms with van der Waals surface area (Å²) in [5.74, 6) is 0. The molecular weight excluding hydrogens is 262 g/mol. The van der Waals surface area contributed by atoms with Gasteiger partial charge in [0.1, 0.15) is 0 Å². The zero-order valence-corrected chi connectivity index (χ0v) is 12.6. The Morgan fingerprint density at radius 1 is 1.37 bits per heavy atom. The molecule has 1 aromatic rings. The molecule has 0 aliphatic rings. The minimum absolute atomic E-state index is 0.0798. The number of benzene rings is 1. The van der Waals surface area contributed by atoms with Gasteiger partial charge in [-0.1, -0.05) is 25.8 Å². The van der Waals surface area contributed by atoms with Crippen LogP contribution in [0.1, 0.15) is 44.2 Å². The average Bonchev–Trinajstić information content (AvgIpc) is 2.36. The SMILES string of the molecule is CCCCC(C)NS(=O)(=O)c1ccc(C)c(CO)c1. The molecule has 0 spiro atoms. The number of sulfonamides is 1. The van der Waals surface area contributed by atoms with Crippen LogP contribution >= 0.6 is 0 Å². The lowest BCUT2D eigenvalue weighted by Gasteiger charge is -2.14. The Morgan fingerprint density at radius 3 is 2.63 bits per heavy atom. The predicted octanol–water partition coefficient (Wildman–Crippen LogP) is 2.34. The van der Waals surface area contributed by atoms with Gasteiger partial charge in [-0.05, 0) is 43.5 Å². The van der Waals surface area contributed by atoms with Gasteiger partial charge in [0.15, 0.2) is 0 Å². The van der Waals surface area contributed by atoms with Crippen molar-refractivity contribution < 1.29 is 13.5 Å². The fourth-order valence-corrected chi connectivity index (χ4v) is 3.22. The second kappa shape index (κ2) is 7.03. The minimum atomic E-state index is -3.50. The Bertz CT molecular complexity index is 511. The fourth-order valence-electron chi connectivity index (χ4n) is 1.89. The number of nitrogens with one attached hydrogen (secondary N) is 1. The number of aryl methyl sites for hydroxylation is 1. The van der Waals surface area contributed by atoms with Gasteiger partial charge in [-0.3, -0.25) is 0 Å². The first-order valence-corrected chi connectivity index (χ1v) is 8.11. The molecule has 4 nitrogen and oxygen atoms in total. The third kappa shape index (κ3) is 4.60. The van der Waals surface area contributed by atoms with Crippen molar-refractivity contribution in [1.29, 1.82) is 0 Å². The first-order chi connectivity index (χ1) is 8.90. The summed E-state index contributed by atoms with van der Waals surface area (Å²) in [5.41, 5.74) is 1.53. The van der Waals surface area contributed by atoms with Crippen molar-refractivity contribution in [2.75, 3.05) is 0 Å². The molecule has 0 fully saturated rings. The highest BCUT2D eigenvalue weighted by molar-refractivity contribution is 7.89. The highest BCUT2D eigenvalue weighted by Crippen LogP contribution is 2.16. The van der Waals surface area contributed by atoms with Crippen molar-refractivity contribution in [3.05, 3.63) is 29.3 Å². The molecule has 1 unspecified atom stereocenters. The molecular formula is C14H23NO3S. The van der Waals surface area contributed by atoms with Crippen molar-refractivity contribution in [1.82, 2.24) is 4.72 Å². The molecule has 5 heteroatoms. The van der Waals surface area contributed by atoms with Gasteiger partial charge in [-0.25, -0.2) is 13.1 Å². The molecule has 0 amide bonds. The van der Waals surface area contributed by atoms with Crippen LogP contribution in [0.2, 0.25) is 0 Å². The molecule has 1 aromatic carbocycles. The fraction of sp³-hybridized carbons (Fsp3) is 0.571. The Kier molecular flexibility index (Phi) is 5.97. The molecule has 1 rings (SSSR count). The van der Waals surface area contributed by atoms with E-state index >= 15 is 0 Å². The van der Waals surface area contributed by atoms with Crippen LogP contribution in [0.3, 0.4) is 0 Å². The number of hydrogen-bond acceptors (Lipinski definition) is 3. The Hall–Kier alpha value is -0.910. The van der Waals surface area contributed by atoms with E-state index in [0.717, 1.165) is 24.8 Å². The van der Waals surface area contributed by atoms with E-state index in [1.165, 1.54) is 6.07 Å². The van der Waals surface area contributed by atoms with Gasteiger partial charge in [0.2, 0.25) is 10.0 Å². The topological polar surface area (TPSA) is 66.4 Å². The van der Waals surface area contributed by atoms with E-state index in [2.05, 4.69) is 11.6 Å². The summed E-state index contributed by atoms with van der Waals surface area (Å²) in [5, 5.41) is 9.19. The molecule has 0 bridgehead atoms. The van der Waals surface area contributed by atoms with Gasteiger partial charge in [0.05, 0.1) is 11.5 Å². The standard InChI is InChI=1S/C14H23NO3S/c1-4-5-6-12(3)15-19(17,18)14-8-7-11(2)13(9-14)10-16/h7-9,12,15-16H,4-6,10H2,1-3H3. The number of unbranched alkanes of at least 4 members (excludes halogenated alkanes) is 1. The van der Waals surface area contributed by atoms with Crippen LogP contribution in [0.4, 0.5) is 0 Å². The number of hydrogen-bond donors (Lipinski definition) is 2. The Balaban J connectivity index is 2.88. The van der Waals surface area contributed by atoms with Crippen LogP contribution in [-0.2, 0) is 16.6 Å². The zero-order chi connectivity index (χ0) is 14.5. The molecule has 0 aliphatic heterocycles. The molecule has 19 heavy (non-hydrogen) atoms. The van der Waals surface area contributed by atoms with Crippen LogP contribution in [-0.4, -0.2) is 19.6 Å². The summed E-state index contributed by atoms with van der Waals surface area (Å²) in [4.78, 5) is 0.213. The molecule has 108 valence electrons. The highest BCUT2D eigenvalue weighted by Gasteiger charge is 2.17. The number of aliphatic hydroxyl groups is 1. The third-order valence-corrected chi connectivity index (χ3v) is 4.74. The second-order valence-corrected chi connectivity index (χ2v) is 6.62. The van der Waals surface area contributed by atoms with Gasteiger partial charge in [-0.15, -0.1) is 0 Å². The van der Waals surface area contributed by atoms with Crippen LogP contribution in [0.15, 0.2) is 23.1 Å². The van der Waals surface area contributed by atoms with Crippen molar-refractivity contribution in [2.45, 2.75) is 57.6 Å². The molecule has 1 atom stereocenters. The van der Waals surface area contributed by atoms with Crippen molar-refractivity contribution >= 4 is 10.0 Å². The monoisotopic (exact) mass is 285 g/mol. The summed E-state index contributed by atoms with van der Waals surface area (Å²) in [6.45, 7) is 5.64. The highest BCUT2D eigenvalue weighted by atomic mass is 32.2. The van der Waals surface area contributed by atoms with E-state index in [1.54, 1.807) is 12.1 Å². The van der Waals surface area contributed by atoms with Crippen molar-refractivity contribution in [3.63, 3.8) is 0 Å². The lowest BCUT2D eigenvalue weighted by atomic mass is 10.1.